The maximum atomic E-state index is 4.76. The number of rotatable bonds is 2. The van der Waals surface area contributed by atoms with E-state index >= 15 is 0 Å². The molecule has 2 heteroatoms. The zero-order valence-corrected chi connectivity index (χ0v) is 5.68. The zero-order chi connectivity index (χ0) is 7.11. The minimum Gasteiger partial charge on any atom is -0.345 e. The minimum atomic E-state index is -0.428. The molecule has 50 valence electrons. The van der Waals surface area contributed by atoms with Crippen molar-refractivity contribution in [1.82, 2.24) is 0 Å². The minimum absolute atomic E-state index is 0.428. The van der Waals surface area contributed by atoms with Crippen LogP contribution in [0.2, 0.25) is 0 Å². The van der Waals surface area contributed by atoms with Crippen molar-refractivity contribution in [3.05, 3.63) is 12.7 Å². The maximum Gasteiger partial charge on any atom is 0.222 e. The summed E-state index contributed by atoms with van der Waals surface area (Å²) in [5.41, 5.74) is 0. The van der Waals surface area contributed by atoms with Crippen molar-refractivity contribution >= 4 is 0 Å². The van der Waals surface area contributed by atoms with Crippen molar-refractivity contribution in [2.45, 2.75) is 6.29 Å². The normalized spacial score (nSPS) is 8.33. The molecule has 0 aliphatic rings. The van der Waals surface area contributed by atoms with Crippen LogP contribution in [0, 0.1) is 11.8 Å². The first-order valence-electron chi connectivity index (χ1n) is 2.52. The summed E-state index contributed by atoms with van der Waals surface area (Å²) in [5.74, 6) is 5.27. The number of hydrogen-bond donors (Lipinski definition) is 0. The third-order valence-electron chi connectivity index (χ3n) is 0.731. The van der Waals surface area contributed by atoms with E-state index < -0.39 is 6.29 Å². The van der Waals surface area contributed by atoms with Gasteiger partial charge in [0.2, 0.25) is 6.29 Å². The molecule has 0 aromatic carbocycles. The maximum absolute atomic E-state index is 4.76. The van der Waals surface area contributed by atoms with Crippen LogP contribution < -0.4 is 0 Å². The molecule has 0 aromatic rings. The van der Waals surface area contributed by atoms with E-state index in [0.29, 0.717) is 0 Å². The Kier molecular flexibility index (Phi) is 4.89. The molecule has 0 fully saturated rings. The van der Waals surface area contributed by atoms with E-state index in [-0.39, 0.29) is 0 Å². The van der Waals surface area contributed by atoms with Gasteiger partial charge in [-0.25, -0.2) is 0 Å². The summed E-state index contributed by atoms with van der Waals surface area (Å²) >= 11 is 0. The molecule has 0 bridgehead atoms. The molecular weight excluding hydrogens is 116 g/mol. The van der Waals surface area contributed by atoms with Crippen molar-refractivity contribution in [2.24, 2.45) is 0 Å². The second-order valence-corrected chi connectivity index (χ2v) is 1.30. The van der Waals surface area contributed by atoms with Crippen molar-refractivity contribution in [1.29, 1.82) is 0 Å². The van der Waals surface area contributed by atoms with Crippen LogP contribution in [0.1, 0.15) is 0 Å². The van der Waals surface area contributed by atoms with Crippen LogP contribution in [0.15, 0.2) is 12.7 Å². The smallest absolute Gasteiger partial charge is 0.222 e. The topological polar surface area (TPSA) is 18.5 Å². The molecule has 0 radical (unpaired) electrons. The Morgan fingerprint density at radius 1 is 1.44 bits per heavy atom. The van der Waals surface area contributed by atoms with Gasteiger partial charge in [0.25, 0.3) is 0 Å². The van der Waals surface area contributed by atoms with Gasteiger partial charge in [-0.3, -0.25) is 0 Å². The van der Waals surface area contributed by atoms with Crippen molar-refractivity contribution in [3.8, 4) is 11.8 Å². The molecule has 0 rings (SSSR count). The van der Waals surface area contributed by atoms with Crippen LogP contribution in [0.5, 0.6) is 0 Å². The highest BCUT2D eigenvalue weighted by Gasteiger charge is 1.94. The SMILES string of the molecule is C=CC#CC(OC)OC. The standard InChI is InChI=1S/C7H10O2/c1-4-5-6-7(8-2)9-3/h4,7H,1H2,2-3H3. The van der Waals surface area contributed by atoms with Crippen LogP contribution in [0.4, 0.5) is 0 Å². The van der Waals surface area contributed by atoms with Gasteiger partial charge in [-0.1, -0.05) is 12.5 Å². The molecule has 0 saturated carbocycles. The van der Waals surface area contributed by atoms with E-state index in [9.17, 15) is 0 Å². The summed E-state index contributed by atoms with van der Waals surface area (Å²) in [7, 11) is 3.07. The number of allylic oxidation sites excluding steroid dienone is 1. The quantitative estimate of drug-likeness (QED) is 0.402. The monoisotopic (exact) mass is 126 g/mol. The van der Waals surface area contributed by atoms with E-state index in [1.807, 2.05) is 0 Å². The van der Waals surface area contributed by atoms with Gasteiger partial charge in [-0.2, -0.15) is 0 Å². The van der Waals surface area contributed by atoms with E-state index in [1.54, 1.807) is 0 Å². The molecule has 0 atom stereocenters. The van der Waals surface area contributed by atoms with Crippen LogP contribution in [-0.2, 0) is 9.47 Å². The number of ether oxygens (including phenoxy) is 2. The molecule has 0 N–H and O–H groups in total. The highest BCUT2D eigenvalue weighted by molar-refractivity contribution is 5.13. The first-order chi connectivity index (χ1) is 4.35. The Labute approximate surface area is 55.5 Å². The van der Waals surface area contributed by atoms with E-state index in [0.717, 1.165) is 0 Å². The molecule has 0 heterocycles. The van der Waals surface area contributed by atoms with Crippen LogP contribution in [-0.4, -0.2) is 20.5 Å². The fraction of sp³-hybridized carbons (Fsp3) is 0.429. The molecule has 0 spiro atoms. The second kappa shape index (κ2) is 5.36. The molecule has 0 unspecified atom stereocenters. The Bertz CT molecular complexity index is 126. The molecule has 0 aromatic heterocycles. The van der Waals surface area contributed by atoms with Gasteiger partial charge in [0.1, 0.15) is 0 Å². The lowest BCUT2D eigenvalue weighted by atomic mass is 10.5. The van der Waals surface area contributed by atoms with E-state index in [4.69, 9.17) is 9.47 Å². The van der Waals surface area contributed by atoms with Gasteiger partial charge in [-0.05, 0) is 12.0 Å². The third kappa shape index (κ3) is 3.77. The molecular formula is C7H10O2. The van der Waals surface area contributed by atoms with Gasteiger partial charge in [-0.15, -0.1) is 0 Å². The summed E-state index contributed by atoms with van der Waals surface area (Å²) in [5, 5.41) is 0. The van der Waals surface area contributed by atoms with Crippen molar-refractivity contribution in [3.63, 3.8) is 0 Å². The van der Waals surface area contributed by atoms with E-state index in [2.05, 4.69) is 18.4 Å². The summed E-state index contributed by atoms with van der Waals surface area (Å²) in [4.78, 5) is 0. The lowest BCUT2D eigenvalue weighted by Crippen LogP contribution is -2.08. The summed E-state index contributed by atoms with van der Waals surface area (Å²) in [6.45, 7) is 3.42. The van der Waals surface area contributed by atoms with Gasteiger partial charge in [0.05, 0.1) is 0 Å². The van der Waals surface area contributed by atoms with E-state index in [1.165, 1.54) is 20.3 Å². The van der Waals surface area contributed by atoms with Crippen molar-refractivity contribution in [2.75, 3.05) is 14.2 Å². The summed E-state index contributed by atoms with van der Waals surface area (Å²) in [6, 6.07) is 0. The second-order valence-electron chi connectivity index (χ2n) is 1.30. The molecule has 0 saturated heterocycles. The third-order valence-corrected chi connectivity index (χ3v) is 0.731. The van der Waals surface area contributed by atoms with Crippen LogP contribution >= 0.6 is 0 Å². The van der Waals surface area contributed by atoms with Crippen LogP contribution in [0.3, 0.4) is 0 Å². The largest absolute Gasteiger partial charge is 0.345 e. The highest BCUT2D eigenvalue weighted by atomic mass is 16.7. The van der Waals surface area contributed by atoms with Gasteiger partial charge in [0, 0.05) is 14.2 Å². The lowest BCUT2D eigenvalue weighted by Gasteiger charge is -2.02. The molecule has 9 heavy (non-hydrogen) atoms. The Hall–Kier alpha value is -0.780. The first-order valence-corrected chi connectivity index (χ1v) is 2.52. The van der Waals surface area contributed by atoms with Gasteiger partial charge in [0.15, 0.2) is 0 Å². The molecule has 2 nitrogen and oxygen atoms in total. The van der Waals surface area contributed by atoms with Gasteiger partial charge >= 0.3 is 0 Å². The van der Waals surface area contributed by atoms with Crippen LogP contribution in [0.25, 0.3) is 0 Å². The lowest BCUT2D eigenvalue weighted by molar-refractivity contribution is -0.0595. The predicted octanol–water partition coefficient (Wildman–Crippen LogP) is 0.795. The molecule has 0 aliphatic heterocycles. The Morgan fingerprint density at radius 2 is 2.00 bits per heavy atom. The average Bonchev–Trinajstić information content (AvgIpc) is 1.91. The van der Waals surface area contributed by atoms with Gasteiger partial charge < -0.3 is 9.47 Å². The number of methoxy groups -OCH3 is 2. The van der Waals surface area contributed by atoms with Crippen molar-refractivity contribution < 1.29 is 9.47 Å². The Morgan fingerprint density at radius 3 is 2.33 bits per heavy atom. The Balaban J connectivity index is 3.66. The summed E-state index contributed by atoms with van der Waals surface area (Å²) in [6.07, 6.45) is 1.06. The molecule has 0 amide bonds. The first kappa shape index (κ1) is 8.22. The highest BCUT2D eigenvalue weighted by Crippen LogP contribution is 1.85. The predicted molar refractivity (Wildman–Crippen MR) is 35.8 cm³/mol. The molecule has 0 aliphatic carbocycles. The zero-order valence-electron chi connectivity index (χ0n) is 5.68. The fourth-order valence-corrected chi connectivity index (χ4v) is 0.341. The number of hydrogen-bond acceptors (Lipinski definition) is 2. The summed E-state index contributed by atoms with van der Waals surface area (Å²) < 4.78 is 9.52. The fourth-order valence-electron chi connectivity index (χ4n) is 0.341. The average molecular weight is 126 g/mol.